The third kappa shape index (κ3) is 3.92. The van der Waals surface area contributed by atoms with Crippen LogP contribution in [0.3, 0.4) is 0 Å². The topological polar surface area (TPSA) is 122 Å². The van der Waals surface area contributed by atoms with Gasteiger partial charge < -0.3 is 10.4 Å². The molecule has 2 aromatic heterocycles. The van der Waals surface area contributed by atoms with E-state index in [1.165, 1.54) is 11.8 Å². The maximum atomic E-state index is 13.1. The predicted octanol–water partition coefficient (Wildman–Crippen LogP) is 2.31. The molecule has 1 fully saturated rings. The van der Waals surface area contributed by atoms with Gasteiger partial charge in [0.1, 0.15) is 5.82 Å². The number of carboxylic acid groups (broad SMARTS) is 1. The summed E-state index contributed by atoms with van der Waals surface area (Å²) in [5, 5.41) is 19.1. The monoisotopic (exact) mass is 451 g/mol. The molecule has 4 rings (SSSR count). The number of aryl methyl sites for hydroxylation is 2. The number of anilines is 1. The summed E-state index contributed by atoms with van der Waals surface area (Å²) in [7, 11) is 0. The molecule has 0 bridgehead atoms. The van der Waals surface area contributed by atoms with Gasteiger partial charge in [0, 0.05) is 11.3 Å². The van der Waals surface area contributed by atoms with E-state index in [0.717, 1.165) is 41.3 Å². The average Bonchev–Trinajstić information content (AvgIpc) is 3.11. The van der Waals surface area contributed by atoms with Crippen LogP contribution in [0.25, 0.3) is 0 Å². The van der Waals surface area contributed by atoms with E-state index in [4.69, 9.17) is 5.11 Å². The minimum absolute atomic E-state index is 0.0266. The van der Waals surface area contributed by atoms with Gasteiger partial charge in [0.05, 0.1) is 41.3 Å². The summed E-state index contributed by atoms with van der Waals surface area (Å²) in [5.74, 6) is 1.84. The highest BCUT2D eigenvalue weighted by molar-refractivity contribution is 8.00. The van der Waals surface area contributed by atoms with Gasteiger partial charge in [0.25, 0.3) is 5.56 Å². The maximum Gasteiger partial charge on any atom is 0.305 e. The molecule has 0 aliphatic carbocycles. The van der Waals surface area contributed by atoms with Crippen LogP contribution in [-0.4, -0.2) is 53.8 Å². The minimum Gasteiger partial charge on any atom is -0.481 e. The summed E-state index contributed by atoms with van der Waals surface area (Å²) in [4.78, 5) is 36.5. The highest BCUT2D eigenvalue weighted by Crippen LogP contribution is 2.43. The second-order valence-electron chi connectivity index (χ2n) is 7.61. The molecule has 162 valence electrons. The van der Waals surface area contributed by atoms with Crippen molar-refractivity contribution in [2.24, 2.45) is 0 Å². The number of nitrogens with zero attached hydrogens (tertiary/aromatic N) is 3. The molecule has 4 heterocycles. The normalized spacial score (nSPS) is 19.9. The van der Waals surface area contributed by atoms with E-state index in [-0.39, 0.29) is 41.5 Å². The molecule has 11 heteroatoms. The van der Waals surface area contributed by atoms with Gasteiger partial charge in [0.2, 0.25) is 5.91 Å². The lowest BCUT2D eigenvalue weighted by Crippen LogP contribution is -2.22. The zero-order valence-corrected chi connectivity index (χ0v) is 18.6. The van der Waals surface area contributed by atoms with Crippen LogP contribution >= 0.6 is 23.5 Å². The van der Waals surface area contributed by atoms with Crippen molar-refractivity contribution in [1.29, 1.82) is 0 Å². The molecule has 0 spiro atoms. The molecule has 0 saturated carbocycles. The number of nitrogens with one attached hydrogen (secondary N) is 2. The number of carbonyl (C=O) groups excluding carboxylic acids is 1. The summed E-state index contributed by atoms with van der Waals surface area (Å²) in [5.41, 5.74) is 2.81. The van der Waals surface area contributed by atoms with Crippen molar-refractivity contribution in [1.82, 2.24) is 19.6 Å². The zero-order valence-electron chi connectivity index (χ0n) is 16.9. The van der Waals surface area contributed by atoms with Gasteiger partial charge >= 0.3 is 5.97 Å². The number of carbonyl (C=O) groups is 2. The van der Waals surface area contributed by atoms with Gasteiger partial charge in [-0.05, 0) is 38.2 Å². The van der Waals surface area contributed by atoms with E-state index in [0.29, 0.717) is 11.4 Å². The third-order valence-electron chi connectivity index (χ3n) is 5.66. The van der Waals surface area contributed by atoms with E-state index < -0.39 is 5.97 Å². The Labute approximate surface area is 182 Å². The molecule has 0 aromatic carbocycles. The second-order valence-corrected chi connectivity index (χ2v) is 9.93. The Balaban J connectivity index is 1.78. The first-order valence-corrected chi connectivity index (χ1v) is 12.2. The first kappa shape index (κ1) is 21.1. The van der Waals surface area contributed by atoms with Gasteiger partial charge in [-0.25, -0.2) is 0 Å². The fraction of sp³-hybridized carbons (Fsp3) is 0.579. The smallest absolute Gasteiger partial charge is 0.305 e. The Morgan fingerprint density at radius 2 is 1.97 bits per heavy atom. The molecular weight excluding hydrogens is 426 g/mol. The Morgan fingerprint density at radius 3 is 2.67 bits per heavy atom. The van der Waals surface area contributed by atoms with Crippen LogP contribution < -0.4 is 10.9 Å². The predicted molar refractivity (Wildman–Crippen MR) is 118 cm³/mol. The number of aromatic amines is 1. The summed E-state index contributed by atoms with van der Waals surface area (Å²) in [6.07, 6.45) is 1.86. The van der Waals surface area contributed by atoms with E-state index in [1.54, 1.807) is 4.68 Å². The quantitative estimate of drug-likeness (QED) is 0.638. The largest absolute Gasteiger partial charge is 0.481 e. The molecule has 0 radical (unpaired) electrons. The van der Waals surface area contributed by atoms with Crippen LogP contribution in [0.1, 0.15) is 53.1 Å². The van der Waals surface area contributed by atoms with Crippen molar-refractivity contribution in [2.75, 3.05) is 22.6 Å². The molecule has 2 aliphatic heterocycles. The minimum atomic E-state index is -0.885. The number of aliphatic carboxylic acids is 1. The van der Waals surface area contributed by atoms with Crippen molar-refractivity contribution in [3.63, 3.8) is 0 Å². The lowest BCUT2D eigenvalue weighted by atomic mass is 10.0. The summed E-state index contributed by atoms with van der Waals surface area (Å²) in [6.45, 7) is 4.02. The number of carboxylic acids is 1. The van der Waals surface area contributed by atoms with Gasteiger partial charge in [-0.3, -0.25) is 28.8 Å². The highest BCUT2D eigenvalue weighted by atomic mass is 32.2. The molecule has 30 heavy (non-hydrogen) atoms. The van der Waals surface area contributed by atoms with Crippen molar-refractivity contribution in [2.45, 2.75) is 50.9 Å². The fourth-order valence-electron chi connectivity index (χ4n) is 4.20. The Morgan fingerprint density at radius 1 is 1.23 bits per heavy atom. The van der Waals surface area contributed by atoms with Crippen molar-refractivity contribution in [3.8, 4) is 0 Å². The number of hydrogen-bond acceptors (Lipinski definition) is 6. The first-order chi connectivity index (χ1) is 14.4. The number of aromatic nitrogens is 4. The second kappa shape index (κ2) is 8.54. The molecule has 2 aliphatic rings. The SMILES string of the molecule is Cc1nn(CCC(=O)O)c(C)c1[C@H]1SCC(=O)Nc2c1c(=O)[nH]n2C1CCSCC1. The number of thioether (sulfide) groups is 2. The van der Waals surface area contributed by atoms with Crippen LogP contribution in [0.5, 0.6) is 0 Å². The molecule has 2 aromatic rings. The first-order valence-electron chi connectivity index (χ1n) is 9.96. The van der Waals surface area contributed by atoms with Crippen LogP contribution in [0.2, 0.25) is 0 Å². The molecule has 0 unspecified atom stereocenters. The van der Waals surface area contributed by atoms with Crippen LogP contribution in [0.4, 0.5) is 5.82 Å². The Kier molecular flexibility index (Phi) is 6.01. The molecule has 1 amide bonds. The fourth-order valence-corrected chi connectivity index (χ4v) is 6.56. The molecule has 1 atom stereocenters. The Hall–Kier alpha value is -2.14. The lowest BCUT2D eigenvalue weighted by molar-refractivity contribution is -0.137. The third-order valence-corrected chi connectivity index (χ3v) is 7.94. The van der Waals surface area contributed by atoms with Crippen molar-refractivity contribution < 1.29 is 14.7 Å². The standard InChI is InChI=1S/C19H25N5O4S2/c1-10-15(11(2)23(21-10)6-3-14(26)27)17-16-18(20-13(25)9-30-17)24(22-19(16)28)12-4-7-29-8-5-12/h12,17H,3-9H2,1-2H3,(H,20,25)(H,22,28)(H,26,27)/t17-/m1/s1. The number of H-pyrrole nitrogens is 1. The van der Waals surface area contributed by atoms with E-state index >= 15 is 0 Å². The number of amides is 1. The molecule has 1 saturated heterocycles. The van der Waals surface area contributed by atoms with Gasteiger partial charge in [-0.15, -0.1) is 11.8 Å². The van der Waals surface area contributed by atoms with Crippen molar-refractivity contribution >= 4 is 41.2 Å². The van der Waals surface area contributed by atoms with E-state index in [1.807, 2.05) is 30.3 Å². The molecule has 3 N–H and O–H groups in total. The number of rotatable bonds is 5. The van der Waals surface area contributed by atoms with E-state index in [9.17, 15) is 14.4 Å². The lowest BCUT2D eigenvalue weighted by Gasteiger charge is -2.24. The number of hydrogen-bond donors (Lipinski definition) is 3. The molecular formula is C19H25N5O4S2. The van der Waals surface area contributed by atoms with Gasteiger partial charge in [-0.1, -0.05) is 0 Å². The van der Waals surface area contributed by atoms with Crippen molar-refractivity contribution in [3.05, 3.63) is 32.9 Å². The van der Waals surface area contributed by atoms with Gasteiger partial charge in [0.15, 0.2) is 0 Å². The zero-order chi connectivity index (χ0) is 21.4. The summed E-state index contributed by atoms with van der Waals surface area (Å²) in [6, 6.07) is 0.159. The number of fused-ring (bicyclic) bond motifs is 1. The van der Waals surface area contributed by atoms with Crippen LogP contribution in [0.15, 0.2) is 4.79 Å². The summed E-state index contributed by atoms with van der Waals surface area (Å²) >= 11 is 3.31. The van der Waals surface area contributed by atoms with Gasteiger partial charge in [-0.2, -0.15) is 16.9 Å². The highest BCUT2D eigenvalue weighted by Gasteiger charge is 2.35. The average molecular weight is 452 g/mol. The Bertz CT molecular complexity index is 1030. The molecule has 9 nitrogen and oxygen atoms in total. The summed E-state index contributed by atoms with van der Waals surface area (Å²) < 4.78 is 3.54. The van der Waals surface area contributed by atoms with Crippen LogP contribution in [-0.2, 0) is 16.1 Å². The van der Waals surface area contributed by atoms with Crippen LogP contribution in [0, 0.1) is 13.8 Å². The van der Waals surface area contributed by atoms with E-state index in [2.05, 4.69) is 15.5 Å². The maximum absolute atomic E-state index is 13.1.